The molecule has 0 aromatic heterocycles. The average Bonchev–Trinajstić information content (AvgIpc) is 2.39. The molecule has 5 N–H and O–H groups in total. The van der Waals surface area contributed by atoms with Crippen molar-refractivity contribution in [1.82, 2.24) is 4.90 Å². The lowest BCUT2D eigenvalue weighted by molar-refractivity contribution is -0.123. The van der Waals surface area contributed by atoms with Crippen molar-refractivity contribution in [3.8, 4) is 0 Å². The van der Waals surface area contributed by atoms with Gasteiger partial charge in [0.2, 0.25) is 11.8 Å². The van der Waals surface area contributed by atoms with E-state index in [1.165, 1.54) is 0 Å². The van der Waals surface area contributed by atoms with E-state index >= 15 is 0 Å². The number of anilines is 2. The normalized spacial score (nSPS) is 12.2. The number of nitrogens with zero attached hydrogens (tertiary/aromatic N) is 1. The number of likely N-dealkylation sites (N-methyl/N-ethyl adjacent to an activating group) is 1. The number of rotatable bonds is 6. The molecule has 1 unspecified atom stereocenters. The quantitative estimate of drug-likeness (QED) is 0.683. The number of carbonyl (C=O) groups excluding carboxylic acids is 2. The van der Waals surface area contributed by atoms with Gasteiger partial charge < -0.3 is 16.8 Å². The molecule has 0 aliphatic heterocycles. The predicted octanol–water partition coefficient (Wildman–Crippen LogP) is 1.06. The van der Waals surface area contributed by atoms with Gasteiger partial charge in [0.1, 0.15) is 0 Å². The van der Waals surface area contributed by atoms with E-state index in [0.29, 0.717) is 22.9 Å². The van der Waals surface area contributed by atoms with Gasteiger partial charge in [-0.2, -0.15) is 0 Å². The van der Waals surface area contributed by atoms with Crippen molar-refractivity contribution in [2.45, 2.75) is 19.9 Å². The molecule has 20 heavy (non-hydrogen) atoms. The maximum Gasteiger partial charge on any atom is 0.241 e. The number of amides is 2. The number of hydrogen-bond donors (Lipinski definition) is 3. The molecular formula is C13H19ClN4O2. The Morgan fingerprint density at radius 1 is 1.45 bits per heavy atom. The maximum atomic E-state index is 12.2. The van der Waals surface area contributed by atoms with Crippen LogP contribution in [0.25, 0.3) is 0 Å². The fourth-order valence-corrected chi connectivity index (χ4v) is 1.93. The van der Waals surface area contributed by atoms with E-state index in [4.69, 9.17) is 23.1 Å². The van der Waals surface area contributed by atoms with E-state index in [0.717, 1.165) is 0 Å². The highest BCUT2D eigenvalue weighted by molar-refractivity contribution is 6.31. The van der Waals surface area contributed by atoms with Crippen LogP contribution in [0.5, 0.6) is 0 Å². The third-order valence-corrected chi connectivity index (χ3v) is 3.20. The number of hydrogen-bond acceptors (Lipinski definition) is 4. The highest BCUT2D eigenvalue weighted by Crippen LogP contribution is 2.23. The molecule has 0 aliphatic rings. The van der Waals surface area contributed by atoms with Crippen molar-refractivity contribution < 1.29 is 9.59 Å². The molecule has 7 heteroatoms. The van der Waals surface area contributed by atoms with E-state index in [1.54, 1.807) is 30.0 Å². The van der Waals surface area contributed by atoms with Gasteiger partial charge in [0.15, 0.2) is 0 Å². The van der Waals surface area contributed by atoms with Crippen molar-refractivity contribution >= 4 is 34.8 Å². The number of benzene rings is 1. The highest BCUT2D eigenvalue weighted by Gasteiger charge is 2.21. The zero-order valence-corrected chi connectivity index (χ0v) is 12.3. The van der Waals surface area contributed by atoms with Crippen molar-refractivity contribution in [2.75, 3.05) is 24.1 Å². The zero-order valence-electron chi connectivity index (χ0n) is 11.5. The highest BCUT2D eigenvalue weighted by atomic mass is 35.5. The van der Waals surface area contributed by atoms with Crippen LogP contribution in [-0.4, -0.2) is 35.8 Å². The van der Waals surface area contributed by atoms with Gasteiger partial charge in [0.05, 0.1) is 24.0 Å². The van der Waals surface area contributed by atoms with E-state index in [1.807, 2.05) is 6.92 Å². The number of halogens is 1. The van der Waals surface area contributed by atoms with E-state index in [-0.39, 0.29) is 12.5 Å². The van der Waals surface area contributed by atoms with Crippen LogP contribution in [0.3, 0.4) is 0 Å². The van der Waals surface area contributed by atoms with Gasteiger partial charge in [-0.15, -0.1) is 0 Å². The van der Waals surface area contributed by atoms with Crippen LogP contribution >= 0.6 is 11.6 Å². The molecule has 1 atom stereocenters. The van der Waals surface area contributed by atoms with Gasteiger partial charge in [-0.1, -0.05) is 18.5 Å². The van der Waals surface area contributed by atoms with Gasteiger partial charge >= 0.3 is 0 Å². The van der Waals surface area contributed by atoms with Gasteiger partial charge in [0, 0.05) is 5.02 Å². The summed E-state index contributed by atoms with van der Waals surface area (Å²) >= 11 is 5.86. The molecule has 110 valence electrons. The molecule has 0 heterocycles. The average molecular weight is 299 g/mol. The van der Waals surface area contributed by atoms with E-state index in [2.05, 4.69) is 5.32 Å². The van der Waals surface area contributed by atoms with E-state index < -0.39 is 11.9 Å². The third-order valence-electron chi connectivity index (χ3n) is 2.97. The summed E-state index contributed by atoms with van der Waals surface area (Å²) in [5, 5.41) is 3.18. The van der Waals surface area contributed by atoms with Crippen LogP contribution in [0.1, 0.15) is 13.8 Å². The summed E-state index contributed by atoms with van der Waals surface area (Å²) in [6.07, 6.45) is 0. The molecular weight excluding hydrogens is 280 g/mol. The Bertz CT molecular complexity index is 507. The Hall–Kier alpha value is -1.79. The van der Waals surface area contributed by atoms with Gasteiger partial charge in [-0.25, -0.2) is 0 Å². The van der Waals surface area contributed by atoms with Crippen molar-refractivity contribution in [3.05, 3.63) is 23.2 Å². The van der Waals surface area contributed by atoms with Gasteiger partial charge in [-0.3, -0.25) is 14.5 Å². The van der Waals surface area contributed by atoms with Crippen LogP contribution in [0, 0.1) is 0 Å². The molecule has 0 aliphatic carbocycles. The molecule has 0 saturated heterocycles. The first-order valence-electron chi connectivity index (χ1n) is 6.23. The first kappa shape index (κ1) is 16.3. The first-order valence-corrected chi connectivity index (χ1v) is 6.61. The Labute approximate surface area is 123 Å². The maximum absolute atomic E-state index is 12.2. The molecule has 0 fully saturated rings. The van der Waals surface area contributed by atoms with Crippen molar-refractivity contribution in [1.29, 1.82) is 0 Å². The molecule has 0 bridgehead atoms. The Morgan fingerprint density at radius 3 is 2.65 bits per heavy atom. The summed E-state index contributed by atoms with van der Waals surface area (Å²) < 4.78 is 0. The lowest BCUT2D eigenvalue weighted by Gasteiger charge is -2.25. The minimum Gasteiger partial charge on any atom is -0.397 e. The van der Waals surface area contributed by atoms with Gasteiger partial charge in [0.25, 0.3) is 0 Å². The van der Waals surface area contributed by atoms with Crippen LogP contribution in [0.15, 0.2) is 18.2 Å². The first-order chi connectivity index (χ1) is 9.35. The Kier molecular flexibility index (Phi) is 5.79. The molecule has 1 rings (SSSR count). The smallest absolute Gasteiger partial charge is 0.241 e. The van der Waals surface area contributed by atoms with Gasteiger partial charge in [-0.05, 0) is 31.7 Å². The number of nitrogen functional groups attached to an aromatic ring is 1. The minimum atomic E-state index is -0.508. The van der Waals surface area contributed by atoms with Crippen LogP contribution < -0.4 is 16.8 Å². The molecule has 2 amide bonds. The molecule has 0 spiro atoms. The summed E-state index contributed by atoms with van der Waals surface area (Å²) in [5.74, 6) is -0.754. The SMILES string of the molecule is CCN(CC(N)=O)C(C)C(=O)Nc1cc(Cl)ccc1N. The standard InChI is InChI=1S/C13H19ClN4O2/c1-3-18(7-12(16)19)8(2)13(20)17-11-6-9(14)4-5-10(11)15/h4-6,8H,3,7,15H2,1-2H3,(H2,16,19)(H,17,20). The molecule has 1 aromatic rings. The predicted molar refractivity (Wildman–Crippen MR) is 80.4 cm³/mol. The Morgan fingerprint density at radius 2 is 2.10 bits per heavy atom. The summed E-state index contributed by atoms with van der Waals surface area (Å²) in [6, 6.07) is 4.32. The van der Waals surface area contributed by atoms with Crippen LogP contribution in [0.4, 0.5) is 11.4 Å². The lowest BCUT2D eigenvalue weighted by atomic mass is 10.2. The van der Waals surface area contributed by atoms with Crippen molar-refractivity contribution in [3.63, 3.8) is 0 Å². The fraction of sp³-hybridized carbons (Fsp3) is 0.385. The van der Waals surface area contributed by atoms with Crippen LogP contribution in [0.2, 0.25) is 5.02 Å². The topological polar surface area (TPSA) is 101 Å². The second-order valence-corrected chi connectivity index (χ2v) is 4.86. The number of primary amides is 1. The monoisotopic (exact) mass is 298 g/mol. The minimum absolute atomic E-state index is 0.0239. The molecule has 1 aromatic carbocycles. The van der Waals surface area contributed by atoms with Crippen molar-refractivity contribution in [2.24, 2.45) is 5.73 Å². The van der Waals surface area contributed by atoms with E-state index in [9.17, 15) is 9.59 Å². The fourth-order valence-electron chi connectivity index (χ4n) is 1.76. The largest absolute Gasteiger partial charge is 0.397 e. The summed E-state index contributed by atoms with van der Waals surface area (Å²) in [6.45, 7) is 4.10. The zero-order chi connectivity index (χ0) is 15.3. The summed E-state index contributed by atoms with van der Waals surface area (Å²) in [4.78, 5) is 24.8. The summed E-state index contributed by atoms with van der Waals surface area (Å²) in [5.41, 5.74) is 11.8. The molecule has 0 saturated carbocycles. The molecule has 6 nitrogen and oxygen atoms in total. The number of carbonyl (C=O) groups is 2. The number of nitrogens with one attached hydrogen (secondary N) is 1. The third kappa shape index (κ3) is 4.40. The molecule has 0 radical (unpaired) electrons. The lowest BCUT2D eigenvalue weighted by Crippen LogP contribution is -2.45. The second kappa shape index (κ2) is 7.12. The summed E-state index contributed by atoms with van der Waals surface area (Å²) in [7, 11) is 0. The Balaban J connectivity index is 2.78. The second-order valence-electron chi connectivity index (χ2n) is 4.43. The van der Waals surface area contributed by atoms with Crippen LogP contribution in [-0.2, 0) is 9.59 Å². The number of nitrogens with two attached hydrogens (primary N) is 2.